The van der Waals surface area contributed by atoms with Gasteiger partial charge in [0.1, 0.15) is 0 Å². The Balaban J connectivity index is 1.27. The van der Waals surface area contributed by atoms with Crippen LogP contribution in [0, 0.1) is 6.92 Å². The van der Waals surface area contributed by atoms with Gasteiger partial charge in [-0.1, -0.05) is 0 Å². The van der Waals surface area contributed by atoms with Gasteiger partial charge in [0.05, 0.1) is 23.1 Å². The van der Waals surface area contributed by atoms with E-state index >= 15 is 0 Å². The zero-order valence-corrected chi connectivity index (χ0v) is 21.5. The first kappa shape index (κ1) is 24.6. The van der Waals surface area contributed by atoms with Crippen LogP contribution in [0.3, 0.4) is 0 Å². The van der Waals surface area contributed by atoms with Crippen molar-refractivity contribution in [1.29, 1.82) is 0 Å². The molecule has 11 nitrogen and oxygen atoms in total. The highest BCUT2D eigenvalue weighted by atomic mass is 16.2. The van der Waals surface area contributed by atoms with Gasteiger partial charge in [-0.15, -0.1) is 10.2 Å². The lowest BCUT2D eigenvalue weighted by molar-refractivity contribution is 0.0938. The zero-order chi connectivity index (χ0) is 26.2. The third-order valence-electron chi connectivity index (χ3n) is 6.99. The van der Waals surface area contributed by atoms with E-state index in [9.17, 15) is 9.59 Å². The van der Waals surface area contributed by atoms with E-state index in [0.717, 1.165) is 24.2 Å². The Morgan fingerprint density at radius 3 is 2.68 bits per heavy atom. The first-order valence-electron chi connectivity index (χ1n) is 12.4. The van der Waals surface area contributed by atoms with Crippen LogP contribution in [0.4, 0.5) is 5.69 Å². The molecule has 0 aliphatic carbocycles. The second kappa shape index (κ2) is 9.74. The Kier molecular flexibility index (Phi) is 6.46. The Hall–Kier alpha value is -4.12. The number of aryl methyl sites for hydroxylation is 2. The van der Waals surface area contributed by atoms with E-state index in [1.165, 1.54) is 19.0 Å². The lowest BCUT2D eigenvalue weighted by atomic mass is 10.0. The topological polar surface area (TPSA) is 122 Å². The van der Waals surface area contributed by atoms with E-state index in [1.54, 1.807) is 34.5 Å². The summed E-state index contributed by atoms with van der Waals surface area (Å²) in [4.78, 5) is 32.6. The highest BCUT2D eigenvalue weighted by Gasteiger charge is 2.31. The highest BCUT2D eigenvalue weighted by molar-refractivity contribution is 6.03. The number of nitrogens with zero attached hydrogens (tertiary/aromatic N) is 7. The summed E-state index contributed by atoms with van der Waals surface area (Å²) in [6, 6.07) is 5.37. The number of amides is 2. The van der Waals surface area contributed by atoms with Crippen molar-refractivity contribution in [3.63, 3.8) is 0 Å². The SMILES string of the molecule is Cc1ncc(C(=O)NCCN2CCCC2(C)C)cc1NC(=O)c1nnc2cc(-c3cnn(C)c3)ccn12. The summed E-state index contributed by atoms with van der Waals surface area (Å²) >= 11 is 0. The van der Waals surface area contributed by atoms with Crippen molar-refractivity contribution in [1.82, 2.24) is 39.6 Å². The maximum atomic E-state index is 13.1. The molecule has 0 atom stereocenters. The number of carbonyl (C=O) groups is 2. The third-order valence-corrected chi connectivity index (χ3v) is 6.99. The second-order valence-electron chi connectivity index (χ2n) is 10.0. The molecule has 1 aliphatic rings. The lowest BCUT2D eigenvalue weighted by Crippen LogP contribution is -2.43. The molecule has 0 radical (unpaired) electrons. The number of anilines is 1. The first-order chi connectivity index (χ1) is 17.7. The number of fused-ring (bicyclic) bond motifs is 1. The minimum Gasteiger partial charge on any atom is -0.351 e. The Morgan fingerprint density at radius 2 is 1.95 bits per heavy atom. The molecule has 1 saturated heterocycles. The van der Waals surface area contributed by atoms with Crippen LogP contribution >= 0.6 is 0 Å². The molecule has 4 aromatic heterocycles. The predicted molar refractivity (Wildman–Crippen MR) is 139 cm³/mol. The first-order valence-corrected chi connectivity index (χ1v) is 12.4. The van der Waals surface area contributed by atoms with E-state index < -0.39 is 5.91 Å². The van der Waals surface area contributed by atoms with Gasteiger partial charge < -0.3 is 10.6 Å². The molecule has 37 heavy (non-hydrogen) atoms. The molecule has 11 heteroatoms. The minimum atomic E-state index is -0.444. The van der Waals surface area contributed by atoms with Crippen LogP contribution in [0.2, 0.25) is 0 Å². The van der Waals surface area contributed by atoms with Crippen LogP contribution in [0.1, 0.15) is 53.4 Å². The largest absolute Gasteiger partial charge is 0.351 e. The summed E-state index contributed by atoms with van der Waals surface area (Å²) in [7, 11) is 1.85. The highest BCUT2D eigenvalue weighted by Crippen LogP contribution is 2.27. The number of aromatic nitrogens is 6. The van der Waals surface area contributed by atoms with Crippen LogP contribution < -0.4 is 10.6 Å². The molecule has 5 heterocycles. The fraction of sp³-hybridized carbons (Fsp3) is 0.385. The lowest BCUT2D eigenvalue weighted by Gasteiger charge is -2.31. The normalized spacial score (nSPS) is 15.2. The van der Waals surface area contributed by atoms with E-state index in [0.29, 0.717) is 29.1 Å². The molecule has 4 aromatic rings. The van der Waals surface area contributed by atoms with E-state index in [2.05, 4.69) is 49.7 Å². The van der Waals surface area contributed by atoms with Gasteiger partial charge in [0.2, 0.25) is 5.82 Å². The van der Waals surface area contributed by atoms with Crippen LogP contribution in [0.15, 0.2) is 43.0 Å². The third kappa shape index (κ3) is 5.08. The van der Waals surface area contributed by atoms with Gasteiger partial charge in [0, 0.05) is 49.8 Å². The second-order valence-corrected chi connectivity index (χ2v) is 10.0. The monoisotopic (exact) mass is 501 g/mol. The molecule has 0 spiro atoms. The minimum absolute atomic E-state index is 0.134. The molecular formula is C26H31N9O2. The van der Waals surface area contributed by atoms with E-state index in [-0.39, 0.29) is 17.3 Å². The fourth-order valence-electron chi connectivity index (χ4n) is 4.74. The molecule has 0 unspecified atom stereocenters. The van der Waals surface area contributed by atoms with Gasteiger partial charge in [-0.3, -0.25) is 28.6 Å². The molecule has 0 bridgehead atoms. The van der Waals surface area contributed by atoms with Crippen LogP contribution in [0.5, 0.6) is 0 Å². The van der Waals surface area contributed by atoms with Crippen molar-refractivity contribution in [2.24, 2.45) is 7.05 Å². The molecule has 2 amide bonds. The number of carbonyl (C=O) groups excluding carboxylic acids is 2. The summed E-state index contributed by atoms with van der Waals surface area (Å²) in [6.07, 6.45) is 9.29. The average Bonchev–Trinajstić information content (AvgIpc) is 3.58. The van der Waals surface area contributed by atoms with Crippen molar-refractivity contribution in [2.75, 3.05) is 25.0 Å². The summed E-state index contributed by atoms with van der Waals surface area (Å²) in [5.74, 6) is -0.536. The number of hydrogen-bond donors (Lipinski definition) is 2. The van der Waals surface area contributed by atoms with Gasteiger partial charge in [0.15, 0.2) is 5.65 Å². The molecular weight excluding hydrogens is 470 g/mol. The average molecular weight is 502 g/mol. The molecule has 1 aliphatic heterocycles. The smallest absolute Gasteiger partial charge is 0.294 e. The summed E-state index contributed by atoms with van der Waals surface area (Å²) in [5.41, 5.74) is 4.00. The number of hydrogen-bond acceptors (Lipinski definition) is 7. The van der Waals surface area contributed by atoms with Gasteiger partial charge in [-0.25, -0.2) is 0 Å². The summed E-state index contributed by atoms with van der Waals surface area (Å²) in [5, 5.41) is 18.2. The number of nitrogens with one attached hydrogen (secondary N) is 2. The van der Waals surface area contributed by atoms with E-state index in [1.807, 2.05) is 25.4 Å². The molecule has 192 valence electrons. The molecule has 2 N–H and O–H groups in total. The van der Waals surface area contributed by atoms with Gasteiger partial charge in [-0.05, 0) is 63.9 Å². The van der Waals surface area contributed by atoms with E-state index in [4.69, 9.17) is 0 Å². The quantitative estimate of drug-likeness (QED) is 0.399. The Labute approximate surface area is 214 Å². The van der Waals surface area contributed by atoms with Gasteiger partial charge in [-0.2, -0.15) is 5.10 Å². The standard InChI is InChI=1S/C26H31N9O2/c1-17-21(12-19(14-28-17)24(36)27-8-11-34-9-5-7-26(34,2)3)30-25(37)23-32-31-22-13-18(6-10-35(22)23)20-15-29-33(4)16-20/h6,10,12-16H,5,7-9,11H2,1-4H3,(H,27,36)(H,30,37). The maximum absolute atomic E-state index is 13.1. The molecule has 5 rings (SSSR count). The maximum Gasteiger partial charge on any atom is 0.294 e. The van der Waals surface area contributed by atoms with Gasteiger partial charge >= 0.3 is 0 Å². The van der Waals surface area contributed by atoms with Crippen LogP contribution in [-0.2, 0) is 7.05 Å². The van der Waals surface area contributed by atoms with Gasteiger partial charge in [0.25, 0.3) is 11.8 Å². The Morgan fingerprint density at radius 1 is 1.11 bits per heavy atom. The van der Waals surface area contributed by atoms with Crippen molar-refractivity contribution < 1.29 is 9.59 Å². The van der Waals surface area contributed by atoms with Crippen molar-refractivity contribution in [3.8, 4) is 11.1 Å². The summed E-state index contributed by atoms with van der Waals surface area (Å²) in [6.45, 7) is 8.63. The Bertz CT molecular complexity index is 1470. The van der Waals surface area contributed by atoms with Crippen LogP contribution in [0.25, 0.3) is 16.8 Å². The van der Waals surface area contributed by atoms with Crippen molar-refractivity contribution in [2.45, 2.75) is 39.2 Å². The number of rotatable bonds is 7. The number of pyridine rings is 2. The fourth-order valence-corrected chi connectivity index (χ4v) is 4.74. The molecule has 0 saturated carbocycles. The zero-order valence-electron chi connectivity index (χ0n) is 21.5. The van der Waals surface area contributed by atoms with Crippen molar-refractivity contribution in [3.05, 3.63) is 60.1 Å². The molecule has 1 fully saturated rings. The predicted octanol–water partition coefficient (Wildman–Crippen LogP) is 2.69. The van der Waals surface area contributed by atoms with Crippen molar-refractivity contribution >= 4 is 23.1 Å². The number of likely N-dealkylation sites (tertiary alicyclic amines) is 1. The molecule has 0 aromatic carbocycles. The summed E-state index contributed by atoms with van der Waals surface area (Å²) < 4.78 is 3.34. The van der Waals surface area contributed by atoms with Crippen LogP contribution in [-0.4, -0.2) is 71.2 Å².